The van der Waals surface area contributed by atoms with Crippen molar-refractivity contribution in [3.63, 3.8) is 0 Å². The van der Waals surface area contributed by atoms with Crippen LogP contribution in [0.5, 0.6) is 11.5 Å². The number of methoxy groups -OCH3 is 1. The third-order valence-electron chi connectivity index (χ3n) is 2.73. The van der Waals surface area contributed by atoms with Crippen LogP contribution in [0.4, 0.5) is 5.69 Å². The Morgan fingerprint density at radius 1 is 1.43 bits per heavy atom. The van der Waals surface area contributed by atoms with E-state index in [1.807, 2.05) is 0 Å². The Morgan fingerprint density at radius 2 is 2.19 bits per heavy atom. The summed E-state index contributed by atoms with van der Waals surface area (Å²) in [7, 11) is 3.22. The highest BCUT2D eigenvalue weighted by atomic mass is 79.9. The molecule has 0 saturated heterocycles. The predicted octanol–water partition coefficient (Wildman–Crippen LogP) is 2.21. The fraction of sp³-hybridized carbons (Fsp3) is 0.333. The zero-order valence-electron chi connectivity index (χ0n) is 11.4. The second kappa shape index (κ2) is 6.53. The van der Waals surface area contributed by atoms with E-state index in [1.54, 1.807) is 24.0 Å². The lowest BCUT2D eigenvalue weighted by Crippen LogP contribution is -2.01. The number of ether oxygens (including phenoxy) is 2. The summed E-state index contributed by atoms with van der Waals surface area (Å²) in [5.74, 6) is 0.721. The van der Waals surface area contributed by atoms with Crippen LogP contribution in [0.15, 0.2) is 18.3 Å². The molecule has 9 heteroatoms. The summed E-state index contributed by atoms with van der Waals surface area (Å²) in [5, 5.41) is 19.1. The van der Waals surface area contributed by atoms with Gasteiger partial charge in [0.1, 0.15) is 12.3 Å². The fourth-order valence-electron chi connectivity index (χ4n) is 1.75. The van der Waals surface area contributed by atoms with Gasteiger partial charge in [-0.1, -0.05) is 21.1 Å². The highest BCUT2D eigenvalue weighted by Gasteiger charge is 2.19. The topological polar surface area (TPSA) is 92.3 Å². The number of nitrogens with zero attached hydrogens (tertiary/aromatic N) is 4. The number of hydrogen-bond acceptors (Lipinski definition) is 6. The van der Waals surface area contributed by atoms with Crippen LogP contribution in [0.25, 0.3) is 0 Å². The lowest BCUT2D eigenvalue weighted by Gasteiger charge is -2.11. The minimum atomic E-state index is -0.453. The molecule has 2 aromatic rings. The third kappa shape index (κ3) is 3.48. The van der Waals surface area contributed by atoms with Gasteiger partial charge in [-0.25, -0.2) is 0 Å². The van der Waals surface area contributed by atoms with Crippen LogP contribution in [-0.2, 0) is 19.0 Å². The first-order valence-electron chi connectivity index (χ1n) is 5.94. The lowest BCUT2D eigenvalue weighted by atomic mass is 10.2. The summed E-state index contributed by atoms with van der Waals surface area (Å²) < 4.78 is 12.3. The predicted molar refractivity (Wildman–Crippen MR) is 77.6 cm³/mol. The summed E-state index contributed by atoms with van der Waals surface area (Å²) in [4.78, 5) is 10.6. The number of aryl methyl sites for hydroxylation is 1. The Hall–Kier alpha value is -2.16. The van der Waals surface area contributed by atoms with Gasteiger partial charge in [0.15, 0.2) is 11.5 Å². The van der Waals surface area contributed by atoms with Gasteiger partial charge in [-0.05, 0) is 6.07 Å². The number of nitro groups is 1. The van der Waals surface area contributed by atoms with E-state index in [2.05, 4.69) is 26.2 Å². The van der Waals surface area contributed by atoms with Crippen LogP contribution in [-0.4, -0.2) is 27.0 Å². The van der Waals surface area contributed by atoms with Gasteiger partial charge in [0.05, 0.1) is 24.3 Å². The van der Waals surface area contributed by atoms with Gasteiger partial charge < -0.3 is 9.47 Å². The standard InChI is InChI=1S/C12H13BrN4O4/c1-16-6-9(14-15-16)7-21-12-4-10(17(18)19)8(5-13)3-11(12)20-2/h3-4,6H,5,7H2,1-2H3. The van der Waals surface area contributed by atoms with Crippen LogP contribution >= 0.6 is 15.9 Å². The Balaban J connectivity index is 2.28. The van der Waals surface area contributed by atoms with E-state index in [0.717, 1.165) is 0 Å². The van der Waals surface area contributed by atoms with Crippen LogP contribution in [0.1, 0.15) is 11.3 Å². The number of aromatic nitrogens is 3. The van der Waals surface area contributed by atoms with Crippen molar-refractivity contribution in [3.05, 3.63) is 39.7 Å². The van der Waals surface area contributed by atoms with E-state index < -0.39 is 4.92 Å². The summed E-state index contributed by atoms with van der Waals surface area (Å²) >= 11 is 3.22. The molecule has 0 spiro atoms. The first-order chi connectivity index (χ1) is 10.0. The molecule has 1 aromatic heterocycles. The van der Waals surface area contributed by atoms with Gasteiger partial charge in [-0.3, -0.25) is 14.8 Å². The smallest absolute Gasteiger partial charge is 0.277 e. The van der Waals surface area contributed by atoms with E-state index in [-0.39, 0.29) is 12.3 Å². The molecule has 8 nitrogen and oxygen atoms in total. The normalized spacial score (nSPS) is 10.4. The van der Waals surface area contributed by atoms with Crippen LogP contribution in [0.3, 0.4) is 0 Å². The number of rotatable bonds is 6. The molecular formula is C12H13BrN4O4. The molecule has 2 rings (SSSR count). The Bertz CT molecular complexity index is 659. The molecule has 0 radical (unpaired) electrons. The first-order valence-corrected chi connectivity index (χ1v) is 7.06. The molecule has 0 aliphatic rings. The van der Waals surface area contributed by atoms with Gasteiger partial charge in [-0.2, -0.15) is 0 Å². The van der Waals surface area contributed by atoms with Gasteiger partial charge in [0.2, 0.25) is 0 Å². The molecule has 112 valence electrons. The number of alkyl halides is 1. The SMILES string of the molecule is COc1cc(CBr)c([N+](=O)[O-])cc1OCc1cn(C)nn1. The van der Waals surface area contributed by atoms with Crippen molar-refractivity contribution in [1.29, 1.82) is 0 Å². The lowest BCUT2D eigenvalue weighted by molar-refractivity contribution is -0.385. The largest absolute Gasteiger partial charge is 0.493 e. The Kier molecular flexibility index (Phi) is 4.73. The maximum Gasteiger partial charge on any atom is 0.277 e. The van der Waals surface area contributed by atoms with E-state index in [1.165, 1.54) is 13.2 Å². The molecule has 0 aliphatic heterocycles. The van der Waals surface area contributed by atoms with Crippen molar-refractivity contribution in [2.45, 2.75) is 11.9 Å². The number of hydrogen-bond donors (Lipinski definition) is 0. The molecule has 0 atom stereocenters. The van der Waals surface area contributed by atoms with Crippen molar-refractivity contribution in [2.75, 3.05) is 7.11 Å². The monoisotopic (exact) mass is 356 g/mol. The molecule has 0 unspecified atom stereocenters. The fourth-order valence-corrected chi connectivity index (χ4v) is 2.20. The molecule has 0 fully saturated rings. The van der Waals surface area contributed by atoms with Crippen molar-refractivity contribution >= 4 is 21.6 Å². The van der Waals surface area contributed by atoms with Crippen molar-refractivity contribution < 1.29 is 14.4 Å². The molecule has 0 aliphatic carbocycles. The molecule has 21 heavy (non-hydrogen) atoms. The van der Waals surface area contributed by atoms with Gasteiger partial charge in [-0.15, -0.1) is 5.10 Å². The van der Waals surface area contributed by atoms with Crippen molar-refractivity contribution in [1.82, 2.24) is 15.0 Å². The van der Waals surface area contributed by atoms with Crippen molar-refractivity contribution in [3.8, 4) is 11.5 Å². The minimum Gasteiger partial charge on any atom is -0.493 e. The van der Waals surface area contributed by atoms with E-state index in [4.69, 9.17) is 9.47 Å². The van der Waals surface area contributed by atoms with Crippen LogP contribution < -0.4 is 9.47 Å². The quantitative estimate of drug-likeness (QED) is 0.447. The zero-order chi connectivity index (χ0) is 15.4. The Morgan fingerprint density at radius 3 is 2.71 bits per heavy atom. The van der Waals surface area contributed by atoms with Gasteiger partial charge in [0.25, 0.3) is 5.69 Å². The molecule has 0 N–H and O–H groups in total. The summed E-state index contributed by atoms with van der Waals surface area (Å²) in [6.07, 6.45) is 1.70. The molecule has 0 amide bonds. The summed E-state index contributed by atoms with van der Waals surface area (Å²) in [6, 6.07) is 2.94. The molecule has 0 bridgehead atoms. The number of halogens is 1. The van der Waals surface area contributed by atoms with Gasteiger partial charge in [0, 0.05) is 17.9 Å². The zero-order valence-corrected chi connectivity index (χ0v) is 13.0. The van der Waals surface area contributed by atoms with Crippen LogP contribution in [0, 0.1) is 10.1 Å². The summed E-state index contributed by atoms with van der Waals surface area (Å²) in [6.45, 7) is 0.148. The molecule has 1 heterocycles. The van der Waals surface area contributed by atoms with E-state index in [0.29, 0.717) is 28.1 Å². The summed E-state index contributed by atoms with van der Waals surface area (Å²) in [5.41, 5.74) is 1.11. The maximum atomic E-state index is 11.1. The molecule has 1 aromatic carbocycles. The van der Waals surface area contributed by atoms with Gasteiger partial charge >= 0.3 is 0 Å². The first kappa shape index (κ1) is 15.2. The molecule has 0 saturated carbocycles. The maximum absolute atomic E-state index is 11.1. The van der Waals surface area contributed by atoms with E-state index >= 15 is 0 Å². The van der Waals surface area contributed by atoms with Crippen LogP contribution in [0.2, 0.25) is 0 Å². The minimum absolute atomic E-state index is 0.0261. The Labute approximate surface area is 128 Å². The molecular weight excluding hydrogens is 344 g/mol. The number of nitro benzene ring substituents is 1. The van der Waals surface area contributed by atoms with E-state index in [9.17, 15) is 10.1 Å². The highest BCUT2D eigenvalue weighted by Crippen LogP contribution is 2.36. The second-order valence-electron chi connectivity index (χ2n) is 4.19. The van der Waals surface area contributed by atoms with Crippen molar-refractivity contribution in [2.24, 2.45) is 7.05 Å². The second-order valence-corrected chi connectivity index (χ2v) is 4.76. The highest BCUT2D eigenvalue weighted by molar-refractivity contribution is 9.08. The third-order valence-corrected chi connectivity index (χ3v) is 3.34. The average Bonchev–Trinajstić information content (AvgIpc) is 2.89. The average molecular weight is 357 g/mol. The number of benzene rings is 1.